The molecule has 0 heterocycles. The minimum absolute atomic E-state index is 0.208. The molecule has 3 rings (SSSR count). The van der Waals surface area contributed by atoms with Crippen LogP contribution in [0.5, 0.6) is 0 Å². The topological polar surface area (TPSA) is 174 Å². The number of carbonyl (C=O) groups excluding carboxylic acids is 3. The van der Waals surface area contributed by atoms with Crippen molar-refractivity contribution in [2.24, 2.45) is 0 Å². The lowest BCUT2D eigenvalue weighted by Gasteiger charge is -2.18. The molecule has 14 heteroatoms. The van der Waals surface area contributed by atoms with Crippen LogP contribution in [0.1, 0.15) is 48.4 Å². The fourth-order valence-corrected chi connectivity index (χ4v) is 4.14. The average molecular weight is 659 g/mol. The van der Waals surface area contributed by atoms with Gasteiger partial charge in [0.2, 0.25) is 11.8 Å². The van der Waals surface area contributed by atoms with Crippen molar-refractivity contribution in [2.45, 2.75) is 51.4 Å². The van der Waals surface area contributed by atoms with Crippen LogP contribution in [0, 0.1) is 6.92 Å². The molecular weight excluding hydrogens is 621 g/mol. The zero-order chi connectivity index (χ0) is 34.8. The number of alkyl halides is 3. The molecule has 0 saturated carbocycles. The molecule has 6 N–H and O–H groups in total. The summed E-state index contributed by atoms with van der Waals surface area (Å²) in [6, 6.07) is 24.0. The van der Waals surface area contributed by atoms with Crippen LogP contribution in [-0.4, -0.2) is 59.3 Å². The van der Waals surface area contributed by atoms with Crippen molar-refractivity contribution in [3.8, 4) is 11.1 Å². The molecule has 1 unspecified atom stereocenters. The molecule has 11 nitrogen and oxygen atoms in total. The molecule has 0 aliphatic carbocycles. The molecule has 1 atom stereocenters. The van der Waals surface area contributed by atoms with Gasteiger partial charge in [-0.2, -0.15) is 13.2 Å². The number of unbranched alkanes of at least 4 members (excludes halogenated alkanes) is 1. The fourth-order valence-electron chi connectivity index (χ4n) is 4.14. The summed E-state index contributed by atoms with van der Waals surface area (Å²) in [5, 5.41) is 27.3. The van der Waals surface area contributed by atoms with E-state index in [-0.39, 0.29) is 31.3 Å². The molecule has 0 aliphatic heterocycles. The van der Waals surface area contributed by atoms with Crippen LogP contribution in [0.3, 0.4) is 0 Å². The van der Waals surface area contributed by atoms with Crippen LogP contribution >= 0.6 is 0 Å². The van der Waals surface area contributed by atoms with Gasteiger partial charge in [0.25, 0.3) is 0 Å². The van der Waals surface area contributed by atoms with Gasteiger partial charge in [0.05, 0.1) is 19.0 Å². The third-order valence-corrected chi connectivity index (χ3v) is 6.64. The molecule has 4 amide bonds. The van der Waals surface area contributed by atoms with Gasteiger partial charge in [0.15, 0.2) is 0 Å². The smallest absolute Gasteiger partial charge is 0.481 e. The molecule has 0 bridgehead atoms. The average Bonchev–Trinajstić information content (AvgIpc) is 3.03. The standard InChI is InChI=1S/C31H36N4O5.C2HF3O2/c1-22-9-5-6-12-26(22)20-34-31(40)32-18-8-7-13-28(36)33-21-29(37)35-27(19-30(38)39)25-16-14-24(15-17-25)23-10-3-2-4-11-23;3-2(4,5)1(6)7/h2-6,9-12,14-17,27H,7-8,13,18-21H2,1H3,(H,33,36)(H,35,37)(H,38,39)(H2,32,34,40);(H,6,7). The number of aliphatic carboxylic acids is 2. The van der Waals surface area contributed by atoms with Crippen LogP contribution in [0.4, 0.5) is 18.0 Å². The Balaban J connectivity index is 0.000000984. The number of benzene rings is 3. The van der Waals surface area contributed by atoms with Gasteiger partial charge in [-0.05, 0) is 47.6 Å². The van der Waals surface area contributed by atoms with Crippen molar-refractivity contribution >= 4 is 29.8 Å². The largest absolute Gasteiger partial charge is 0.490 e. The van der Waals surface area contributed by atoms with Crippen molar-refractivity contribution in [2.75, 3.05) is 13.1 Å². The Kier molecular flexibility index (Phi) is 15.4. The summed E-state index contributed by atoms with van der Waals surface area (Å²) in [5.74, 6) is -4.56. The molecule has 252 valence electrons. The number of hydrogen-bond donors (Lipinski definition) is 6. The molecule has 47 heavy (non-hydrogen) atoms. The number of carboxylic acids is 2. The summed E-state index contributed by atoms with van der Waals surface area (Å²) in [6.07, 6.45) is -4.01. The Morgan fingerprint density at radius 1 is 0.745 bits per heavy atom. The summed E-state index contributed by atoms with van der Waals surface area (Å²) >= 11 is 0. The normalized spacial score (nSPS) is 11.2. The quantitative estimate of drug-likeness (QED) is 0.136. The first-order chi connectivity index (χ1) is 22.3. The van der Waals surface area contributed by atoms with Gasteiger partial charge in [-0.15, -0.1) is 0 Å². The second kappa shape index (κ2) is 19.2. The van der Waals surface area contributed by atoms with Crippen LogP contribution in [0.25, 0.3) is 11.1 Å². The van der Waals surface area contributed by atoms with Gasteiger partial charge in [-0.25, -0.2) is 9.59 Å². The lowest BCUT2D eigenvalue weighted by molar-refractivity contribution is -0.192. The van der Waals surface area contributed by atoms with Crippen LogP contribution in [-0.2, 0) is 25.7 Å². The van der Waals surface area contributed by atoms with Crippen LogP contribution in [0.2, 0.25) is 0 Å². The van der Waals surface area contributed by atoms with Crippen molar-refractivity contribution in [1.29, 1.82) is 0 Å². The van der Waals surface area contributed by atoms with Crippen molar-refractivity contribution < 1.29 is 47.4 Å². The minimum Gasteiger partial charge on any atom is -0.481 e. The molecule has 0 fully saturated rings. The Morgan fingerprint density at radius 2 is 1.34 bits per heavy atom. The summed E-state index contributed by atoms with van der Waals surface area (Å²) in [7, 11) is 0. The van der Waals surface area contributed by atoms with Gasteiger partial charge in [-0.3, -0.25) is 14.4 Å². The lowest BCUT2D eigenvalue weighted by atomic mass is 9.99. The highest BCUT2D eigenvalue weighted by Gasteiger charge is 2.38. The predicted molar refractivity (Wildman–Crippen MR) is 167 cm³/mol. The Morgan fingerprint density at radius 3 is 1.94 bits per heavy atom. The van der Waals surface area contributed by atoms with E-state index >= 15 is 0 Å². The Hall–Kier alpha value is -5.40. The lowest BCUT2D eigenvalue weighted by Crippen LogP contribution is -2.39. The van der Waals surface area contributed by atoms with E-state index in [1.165, 1.54) is 0 Å². The van der Waals surface area contributed by atoms with E-state index in [4.69, 9.17) is 9.90 Å². The number of carboxylic acid groups (broad SMARTS) is 2. The molecular formula is C33H37F3N4O7. The second-order valence-corrected chi connectivity index (χ2v) is 10.3. The SMILES string of the molecule is Cc1ccccc1CNC(=O)NCCCCC(=O)NCC(=O)NC(CC(=O)O)c1ccc(-c2ccccc2)cc1.O=C(O)C(F)(F)F. The maximum atomic E-state index is 12.5. The molecule has 0 radical (unpaired) electrons. The third-order valence-electron chi connectivity index (χ3n) is 6.64. The summed E-state index contributed by atoms with van der Waals surface area (Å²) < 4.78 is 31.7. The number of nitrogens with one attached hydrogen (secondary N) is 4. The molecule has 0 aromatic heterocycles. The molecule has 0 saturated heterocycles. The highest BCUT2D eigenvalue weighted by atomic mass is 19.4. The fraction of sp³-hybridized carbons (Fsp3) is 0.303. The Bertz CT molecular complexity index is 1480. The van der Waals surface area contributed by atoms with E-state index in [1.54, 1.807) is 12.1 Å². The van der Waals surface area contributed by atoms with Gasteiger partial charge in [0, 0.05) is 19.5 Å². The zero-order valence-corrected chi connectivity index (χ0v) is 25.6. The molecule has 0 spiro atoms. The zero-order valence-electron chi connectivity index (χ0n) is 25.6. The van der Waals surface area contributed by atoms with E-state index in [0.29, 0.717) is 31.5 Å². The first-order valence-electron chi connectivity index (χ1n) is 14.6. The third kappa shape index (κ3) is 15.0. The number of rotatable bonds is 14. The maximum Gasteiger partial charge on any atom is 0.490 e. The molecule has 3 aromatic rings. The van der Waals surface area contributed by atoms with Crippen LogP contribution < -0.4 is 21.3 Å². The monoisotopic (exact) mass is 658 g/mol. The van der Waals surface area contributed by atoms with Gasteiger partial charge in [0.1, 0.15) is 0 Å². The maximum absolute atomic E-state index is 12.5. The van der Waals surface area contributed by atoms with Crippen molar-refractivity contribution in [3.63, 3.8) is 0 Å². The van der Waals surface area contributed by atoms with Gasteiger partial charge >= 0.3 is 24.1 Å². The second-order valence-electron chi connectivity index (χ2n) is 10.3. The number of urea groups is 1. The molecule has 3 aromatic carbocycles. The van der Waals surface area contributed by atoms with E-state index in [1.807, 2.05) is 73.7 Å². The number of aryl methyl sites for hydroxylation is 1. The van der Waals surface area contributed by atoms with Crippen molar-refractivity contribution in [3.05, 3.63) is 95.6 Å². The van der Waals surface area contributed by atoms with E-state index in [9.17, 15) is 37.5 Å². The highest BCUT2D eigenvalue weighted by Crippen LogP contribution is 2.23. The summed E-state index contributed by atoms with van der Waals surface area (Å²) in [6.45, 7) is 2.60. The predicted octanol–water partition coefficient (Wildman–Crippen LogP) is 4.71. The van der Waals surface area contributed by atoms with E-state index in [0.717, 1.165) is 22.3 Å². The minimum atomic E-state index is -5.08. The highest BCUT2D eigenvalue weighted by molar-refractivity contribution is 5.85. The van der Waals surface area contributed by atoms with E-state index in [2.05, 4.69) is 21.3 Å². The van der Waals surface area contributed by atoms with Crippen molar-refractivity contribution in [1.82, 2.24) is 21.3 Å². The van der Waals surface area contributed by atoms with Gasteiger partial charge in [-0.1, -0.05) is 78.9 Å². The first-order valence-corrected chi connectivity index (χ1v) is 14.6. The van der Waals surface area contributed by atoms with Crippen LogP contribution in [0.15, 0.2) is 78.9 Å². The Labute approximate surface area is 269 Å². The molecule has 0 aliphatic rings. The summed E-state index contributed by atoms with van der Waals surface area (Å²) in [5.41, 5.74) is 4.84. The summed E-state index contributed by atoms with van der Waals surface area (Å²) in [4.78, 5) is 56.9. The number of hydrogen-bond acceptors (Lipinski definition) is 5. The van der Waals surface area contributed by atoms with E-state index < -0.39 is 30.1 Å². The number of halogens is 3. The number of amides is 4. The first kappa shape index (κ1) is 37.8. The van der Waals surface area contributed by atoms with Gasteiger partial charge < -0.3 is 31.5 Å². The number of carbonyl (C=O) groups is 5.